The minimum atomic E-state index is -0.271. The van der Waals surface area contributed by atoms with Gasteiger partial charge in [-0.15, -0.1) is 0 Å². The highest BCUT2D eigenvalue weighted by Gasteiger charge is 2.11. The molecule has 2 aromatic heterocycles. The fourth-order valence-electron chi connectivity index (χ4n) is 2.05. The van der Waals surface area contributed by atoms with Gasteiger partial charge >= 0.3 is 0 Å². The van der Waals surface area contributed by atoms with Gasteiger partial charge in [-0.3, -0.25) is 10.1 Å². The largest absolute Gasteiger partial charge is 0.380 e. The van der Waals surface area contributed by atoms with Gasteiger partial charge in [0.15, 0.2) is 0 Å². The van der Waals surface area contributed by atoms with Gasteiger partial charge in [0.2, 0.25) is 0 Å². The topological polar surface area (TPSA) is 53.6 Å². The summed E-state index contributed by atoms with van der Waals surface area (Å²) in [6, 6.07) is 8.56. The Morgan fingerprint density at radius 1 is 1.19 bits per heavy atom. The van der Waals surface area contributed by atoms with E-state index in [2.05, 4.69) is 36.4 Å². The van der Waals surface area contributed by atoms with Gasteiger partial charge in [0.1, 0.15) is 5.82 Å². The van der Waals surface area contributed by atoms with Gasteiger partial charge in [-0.05, 0) is 34.1 Å². The Kier molecular flexibility index (Phi) is 3.96. The van der Waals surface area contributed by atoms with Crippen molar-refractivity contribution in [3.05, 3.63) is 64.8 Å². The summed E-state index contributed by atoms with van der Waals surface area (Å²) in [6.45, 7) is 0.526. The summed E-state index contributed by atoms with van der Waals surface area (Å²) in [5.41, 5.74) is 2.97. The van der Waals surface area contributed by atoms with Gasteiger partial charge in [0.25, 0.3) is 0 Å². The van der Waals surface area contributed by atoms with Crippen LogP contribution < -0.4 is 5.32 Å². The summed E-state index contributed by atoms with van der Waals surface area (Å²) >= 11 is 3.37. The average Bonchev–Trinajstić information content (AvgIpc) is 2.94. The van der Waals surface area contributed by atoms with Crippen LogP contribution in [0.3, 0.4) is 0 Å². The summed E-state index contributed by atoms with van der Waals surface area (Å²) in [5.74, 6) is -0.271. The van der Waals surface area contributed by atoms with E-state index >= 15 is 0 Å². The molecule has 0 saturated carbocycles. The van der Waals surface area contributed by atoms with E-state index in [0.29, 0.717) is 17.8 Å². The average molecular weight is 347 g/mol. The second kappa shape index (κ2) is 6.05. The molecule has 0 amide bonds. The first-order valence-corrected chi connectivity index (χ1v) is 7.15. The summed E-state index contributed by atoms with van der Waals surface area (Å²) in [6.07, 6.45) is 5.14. The molecule has 3 rings (SSSR count). The lowest BCUT2D eigenvalue weighted by atomic mass is 10.1. The fraction of sp³-hybridized carbons (Fsp3) is 0.0667. The molecule has 6 heteroatoms. The van der Waals surface area contributed by atoms with E-state index in [-0.39, 0.29) is 5.82 Å². The van der Waals surface area contributed by atoms with Crippen molar-refractivity contribution in [3.8, 4) is 11.3 Å². The first kappa shape index (κ1) is 13.8. The normalized spacial score (nSPS) is 10.6. The number of nitrogens with one attached hydrogen (secondary N) is 2. The van der Waals surface area contributed by atoms with Crippen LogP contribution in [0.5, 0.6) is 0 Å². The van der Waals surface area contributed by atoms with Crippen LogP contribution in [0.1, 0.15) is 5.56 Å². The number of H-pyrrole nitrogens is 1. The Bertz CT molecular complexity index is 757. The van der Waals surface area contributed by atoms with Gasteiger partial charge in [0, 0.05) is 28.3 Å². The van der Waals surface area contributed by atoms with Crippen molar-refractivity contribution in [1.29, 1.82) is 0 Å². The van der Waals surface area contributed by atoms with E-state index < -0.39 is 0 Å². The molecule has 1 aromatic carbocycles. The molecule has 0 atom stereocenters. The highest BCUT2D eigenvalue weighted by molar-refractivity contribution is 9.10. The van der Waals surface area contributed by atoms with Crippen LogP contribution >= 0.6 is 15.9 Å². The van der Waals surface area contributed by atoms with Gasteiger partial charge in [0.05, 0.1) is 23.8 Å². The zero-order valence-electron chi connectivity index (χ0n) is 11.0. The Labute approximate surface area is 129 Å². The summed E-state index contributed by atoms with van der Waals surface area (Å²) in [7, 11) is 0. The minimum Gasteiger partial charge on any atom is -0.380 e. The molecule has 21 heavy (non-hydrogen) atoms. The second-order valence-electron chi connectivity index (χ2n) is 4.50. The lowest BCUT2D eigenvalue weighted by Crippen LogP contribution is -2.00. The third-order valence-electron chi connectivity index (χ3n) is 3.05. The van der Waals surface area contributed by atoms with E-state index in [4.69, 9.17) is 0 Å². The third-order valence-corrected chi connectivity index (χ3v) is 3.48. The number of rotatable bonds is 4. The van der Waals surface area contributed by atoms with Gasteiger partial charge in [-0.1, -0.05) is 12.1 Å². The van der Waals surface area contributed by atoms with Crippen molar-refractivity contribution in [3.63, 3.8) is 0 Å². The van der Waals surface area contributed by atoms with Crippen LogP contribution in [-0.4, -0.2) is 15.2 Å². The number of aromatic nitrogens is 3. The van der Waals surface area contributed by atoms with Gasteiger partial charge < -0.3 is 5.32 Å². The first-order valence-electron chi connectivity index (χ1n) is 6.35. The third kappa shape index (κ3) is 3.11. The Morgan fingerprint density at radius 2 is 2.05 bits per heavy atom. The van der Waals surface area contributed by atoms with Crippen LogP contribution in [0.2, 0.25) is 0 Å². The number of halogens is 2. The zero-order valence-corrected chi connectivity index (χ0v) is 12.6. The standard InChI is InChI=1S/C15H12BrFN4/c16-11-5-12(9-18-8-11)19-6-10-7-20-21-15(10)13-3-1-2-4-14(13)17/h1-5,7-9,19H,6H2,(H,20,21). The van der Waals surface area contributed by atoms with Crippen LogP contribution in [0.15, 0.2) is 53.4 Å². The van der Waals surface area contributed by atoms with E-state index in [1.54, 1.807) is 36.8 Å². The number of nitrogens with zero attached hydrogens (tertiary/aromatic N) is 2. The lowest BCUT2D eigenvalue weighted by Gasteiger charge is -2.07. The van der Waals surface area contributed by atoms with Crippen molar-refractivity contribution in [1.82, 2.24) is 15.2 Å². The molecule has 0 aliphatic heterocycles. The molecule has 0 spiro atoms. The highest BCUT2D eigenvalue weighted by Crippen LogP contribution is 2.24. The van der Waals surface area contributed by atoms with Gasteiger partial charge in [-0.2, -0.15) is 5.10 Å². The van der Waals surface area contributed by atoms with Crippen LogP contribution in [0, 0.1) is 5.82 Å². The molecular weight excluding hydrogens is 335 g/mol. The molecule has 0 aliphatic carbocycles. The van der Waals surface area contributed by atoms with Crippen LogP contribution in [0.4, 0.5) is 10.1 Å². The van der Waals surface area contributed by atoms with Crippen molar-refractivity contribution < 1.29 is 4.39 Å². The molecule has 0 bridgehead atoms. The number of hydrogen-bond donors (Lipinski definition) is 2. The maximum absolute atomic E-state index is 13.9. The van der Waals surface area contributed by atoms with Crippen molar-refractivity contribution >= 4 is 21.6 Å². The van der Waals surface area contributed by atoms with E-state index in [9.17, 15) is 4.39 Å². The van der Waals surface area contributed by atoms with Crippen molar-refractivity contribution in [2.45, 2.75) is 6.54 Å². The summed E-state index contributed by atoms with van der Waals surface area (Å²) in [4.78, 5) is 4.09. The van der Waals surface area contributed by atoms with Gasteiger partial charge in [-0.25, -0.2) is 4.39 Å². The number of aromatic amines is 1. The predicted octanol–water partition coefficient (Wildman–Crippen LogP) is 3.99. The number of pyridine rings is 1. The summed E-state index contributed by atoms with van der Waals surface area (Å²) in [5, 5.41) is 10.1. The van der Waals surface area contributed by atoms with E-state index in [0.717, 1.165) is 15.7 Å². The first-order chi connectivity index (χ1) is 10.2. The predicted molar refractivity (Wildman–Crippen MR) is 83.2 cm³/mol. The lowest BCUT2D eigenvalue weighted by molar-refractivity contribution is 0.630. The number of anilines is 1. The molecule has 0 fully saturated rings. The highest BCUT2D eigenvalue weighted by atomic mass is 79.9. The van der Waals surface area contributed by atoms with Crippen LogP contribution in [-0.2, 0) is 6.54 Å². The monoisotopic (exact) mass is 346 g/mol. The maximum Gasteiger partial charge on any atom is 0.132 e. The summed E-state index contributed by atoms with van der Waals surface area (Å²) < 4.78 is 14.8. The Morgan fingerprint density at radius 3 is 2.86 bits per heavy atom. The SMILES string of the molecule is Fc1ccccc1-c1[nH]ncc1CNc1cncc(Br)c1. The smallest absolute Gasteiger partial charge is 0.132 e. The van der Waals surface area contributed by atoms with E-state index in [1.807, 2.05) is 6.07 Å². The molecule has 106 valence electrons. The molecular formula is C15H12BrFN4. The Balaban J connectivity index is 1.82. The zero-order chi connectivity index (χ0) is 14.7. The second-order valence-corrected chi connectivity index (χ2v) is 5.41. The molecule has 0 unspecified atom stereocenters. The fourth-order valence-corrected chi connectivity index (χ4v) is 2.41. The minimum absolute atomic E-state index is 0.271. The molecule has 0 saturated heterocycles. The molecule has 2 N–H and O–H groups in total. The quantitative estimate of drug-likeness (QED) is 0.751. The van der Waals surface area contributed by atoms with Crippen molar-refractivity contribution in [2.75, 3.05) is 5.32 Å². The maximum atomic E-state index is 13.9. The number of hydrogen-bond acceptors (Lipinski definition) is 3. The molecule has 0 aliphatic rings. The molecule has 3 aromatic rings. The molecule has 4 nitrogen and oxygen atoms in total. The van der Waals surface area contributed by atoms with Crippen LogP contribution in [0.25, 0.3) is 11.3 Å². The van der Waals surface area contributed by atoms with E-state index in [1.165, 1.54) is 6.07 Å². The Hall–Kier alpha value is -2.21. The van der Waals surface area contributed by atoms with Crippen molar-refractivity contribution in [2.24, 2.45) is 0 Å². The molecule has 2 heterocycles. The molecule has 0 radical (unpaired) electrons. The number of benzene rings is 1.